The number of benzene rings is 1. The molecule has 0 bridgehead atoms. The second kappa shape index (κ2) is 6.06. The zero-order valence-electron chi connectivity index (χ0n) is 11.5. The van der Waals surface area contributed by atoms with Crippen LogP contribution in [0.15, 0.2) is 24.3 Å². The molecule has 0 spiro atoms. The lowest BCUT2D eigenvalue weighted by Crippen LogP contribution is -2.32. The van der Waals surface area contributed by atoms with Crippen molar-refractivity contribution in [3.63, 3.8) is 0 Å². The Balaban J connectivity index is 1.77. The fourth-order valence-electron chi connectivity index (χ4n) is 2.11. The fraction of sp³-hybridized carbons (Fsp3) is 0.533. The van der Waals surface area contributed by atoms with Gasteiger partial charge in [0.1, 0.15) is 0 Å². The van der Waals surface area contributed by atoms with Crippen molar-refractivity contribution in [2.24, 2.45) is 11.8 Å². The second-order valence-electron chi connectivity index (χ2n) is 5.45. The van der Waals surface area contributed by atoms with E-state index in [1.807, 2.05) is 12.1 Å². The van der Waals surface area contributed by atoms with Gasteiger partial charge in [-0.2, -0.15) is 0 Å². The summed E-state index contributed by atoms with van der Waals surface area (Å²) in [5.41, 5.74) is 1.58. The number of rotatable bonds is 5. The van der Waals surface area contributed by atoms with Crippen molar-refractivity contribution in [1.29, 1.82) is 0 Å². The monoisotopic (exact) mass is 262 g/mol. The SMILES string of the molecule is CC(O)c1ccc(NC(=O)NCC(C)C2CC2)cc1. The summed E-state index contributed by atoms with van der Waals surface area (Å²) < 4.78 is 0. The molecule has 1 saturated carbocycles. The van der Waals surface area contributed by atoms with Gasteiger partial charge in [0.15, 0.2) is 0 Å². The summed E-state index contributed by atoms with van der Waals surface area (Å²) in [7, 11) is 0. The van der Waals surface area contributed by atoms with Gasteiger partial charge in [-0.1, -0.05) is 19.1 Å². The number of aliphatic hydroxyl groups excluding tert-OH is 1. The van der Waals surface area contributed by atoms with Gasteiger partial charge in [0.2, 0.25) is 0 Å². The summed E-state index contributed by atoms with van der Waals surface area (Å²) in [6, 6.07) is 7.05. The molecule has 104 valence electrons. The maximum atomic E-state index is 11.7. The molecular formula is C15H22N2O2. The number of aliphatic hydroxyl groups is 1. The topological polar surface area (TPSA) is 61.4 Å². The maximum absolute atomic E-state index is 11.7. The van der Waals surface area contributed by atoms with Crippen LogP contribution in [0.2, 0.25) is 0 Å². The van der Waals surface area contributed by atoms with Crippen LogP contribution in [0.3, 0.4) is 0 Å². The van der Waals surface area contributed by atoms with E-state index in [1.54, 1.807) is 19.1 Å². The van der Waals surface area contributed by atoms with Crippen molar-refractivity contribution < 1.29 is 9.90 Å². The molecule has 0 aliphatic heterocycles. The number of nitrogens with one attached hydrogen (secondary N) is 2. The highest BCUT2D eigenvalue weighted by Gasteiger charge is 2.27. The van der Waals surface area contributed by atoms with Crippen molar-refractivity contribution in [3.05, 3.63) is 29.8 Å². The molecule has 19 heavy (non-hydrogen) atoms. The van der Waals surface area contributed by atoms with Crippen LogP contribution in [0.5, 0.6) is 0 Å². The minimum Gasteiger partial charge on any atom is -0.389 e. The van der Waals surface area contributed by atoms with Crippen molar-refractivity contribution in [2.45, 2.75) is 32.8 Å². The van der Waals surface area contributed by atoms with Gasteiger partial charge >= 0.3 is 6.03 Å². The van der Waals surface area contributed by atoms with E-state index >= 15 is 0 Å². The molecule has 2 unspecified atom stereocenters. The molecule has 4 heteroatoms. The molecule has 2 amide bonds. The molecule has 1 aromatic carbocycles. The molecule has 0 aromatic heterocycles. The molecule has 4 nitrogen and oxygen atoms in total. The molecule has 0 saturated heterocycles. The Morgan fingerprint density at radius 3 is 2.47 bits per heavy atom. The lowest BCUT2D eigenvalue weighted by molar-refractivity contribution is 0.199. The predicted molar refractivity (Wildman–Crippen MR) is 76.0 cm³/mol. The lowest BCUT2D eigenvalue weighted by Gasteiger charge is -2.12. The average Bonchev–Trinajstić information content (AvgIpc) is 3.21. The highest BCUT2D eigenvalue weighted by atomic mass is 16.3. The highest BCUT2D eigenvalue weighted by molar-refractivity contribution is 5.89. The number of urea groups is 1. The van der Waals surface area contributed by atoms with Crippen LogP contribution in [0, 0.1) is 11.8 Å². The van der Waals surface area contributed by atoms with Crippen LogP contribution in [-0.4, -0.2) is 17.7 Å². The van der Waals surface area contributed by atoms with E-state index in [4.69, 9.17) is 0 Å². The van der Waals surface area contributed by atoms with Crippen LogP contribution in [0.25, 0.3) is 0 Å². The Morgan fingerprint density at radius 2 is 1.95 bits per heavy atom. The average molecular weight is 262 g/mol. The molecular weight excluding hydrogens is 240 g/mol. The molecule has 2 rings (SSSR count). The van der Waals surface area contributed by atoms with Crippen molar-refractivity contribution in [3.8, 4) is 0 Å². The summed E-state index contributed by atoms with van der Waals surface area (Å²) in [4.78, 5) is 11.7. The molecule has 1 fully saturated rings. The Kier molecular flexibility index (Phi) is 4.43. The molecule has 1 aliphatic carbocycles. The van der Waals surface area contributed by atoms with Gasteiger partial charge < -0.3 is 15.7 Å². The Morgan fingerprint density at radius 1 is 1.32 bits per heavy atom. The molecule has 2 atom stereocenters. The molecule has 0 radical (unpaired) electrons. The van der Waals surface area contributed by atoms with Crippen molar-refractivity contribution >= 4 is 11.7 Å². The smallest absolute Gasteiger partial charge is 0.319 e. The summed E-state index contributed by atoms with van der Waals surface area (Å²) >= 11 is 0. The molecule has 3 N–H and O–H groups in total. The third-order valence-electron chi connectivity index (χ3n) is 3.66. The molecule has 1 aromatic rings. The fourth-order valence-corrected chi connectivity index (χ4v) is 2.11. The van der Waals surface area contributed by atoms with Crippen LogP contribution in [0.4, 0.5) is 10.5 Å². The zero-order valence-corrected chi connectivity index (χ0v) is 11.5. The second-order valence-corrected chi connectivity index (χ2v) is 5.45. The Labute approximate surface area is 114 Å². The third-order valence-corrected chi connectivity index (χ3v) is 3.66. The van der Waals surface area contributed by atoms with E-state index in [0.29, 0.717) is 5.92 Å². The van der Waals surface area contributed by atoms with E-state index in [0.717, 1.165) is 23.7 Å². The van der Waals surface area contributed by atoms with Crippen LogP contribution >= 0.6 is 0 Å². The number of anilines is 1. The van der Waals surface area contributed by atoms with Crippen LogP contribution in [-0.2, 0) is 0 Å². The lowest BCUT2D eigenvalue weighted by atomic mass is 10.1. The van der Waals surface area contributed by atoms with Gasteiger partial charge in [0, 0.05) is 12.2 Å². The first-order chi connectivity index (χ1) is 9.06. The summed E-state index contributed by atoms with van der Waals surface area (Å²) in [6.07, 6.45) is 2.11. The van der Waals surface area contributed by atoms with Gasteiger partial charge in [0.05, 0.1) is 6.10 Å². The number of hydrogen-bond acceptors (Lipinski definition) is 2. The predicted octanol–water partition coefficient (Wildman–Crippen LogP) is 2.91. The minimum absolute atomic E-state index is 0.169. The number of carbonyl (C=O) groups is 1. The number of carbonyl (C=O) groups excluding carboxylic acids is 1. The van der Waals surface area contributed by atoms with E-state index < -0.39 is 6.10 Å². The third kappa shape index (κ3) is 4.24. The zero-order chi connectivity index (χ0) is 13.8. The Bertz CT molecular complexity index is 424. The summed E-state index contributed by atoms with van der Waals surface area (Å²) in [6.45, 7) is 4.62. The van der Waals surface area contributed by atoms with Crippen LogP contribution < -0.4 is 10.6 Å². The summed E-state index contributed by atoms with van der Waals surface area (Å²) in [5, 5.41) is 15.1. The quantitative estimate of drug-likeness (QED) is 0.764. The minimum atomic E-state index is -0.484. The van der Waals surface area contributed by atoms with Gasteiger partial charge in [0.25, 0.3) is 0 Å². The van der Waals surface area contributed by atoms with Gasteiger partial charge in [-0.15, -0.1) is 0 Å². The first-order valence-electron chi connectivity index (χ1n) is 6.89. The first-order valence-corrected chi connectivity index (χ1v) is 6.89. The van der Waals surface area contributed by atoms with E-state index in [2.05, 4.69) is 17.6 Å². The van der Waals surface area contributed by atoms with Crippen molar-refractivity contribution in [2.75, 3.05) is 11.9 Å². The first kappa shape index (κ1) is 13.9. The number of amides is 2. The van der Waals surface area contributed by atoms with Crippen LogP contribution in [0.1, 0.15) is 38.4 Å². The normalized spacial score (nSPS) is 17.6. The standard InChI is InChI=1S/C15H22N2O2/c1-10(12-3-4-12)9-16-15(19)17-14-7-5-13(6-8-14)11(2)18/h5-8,10-12,18H,3-4,9H2,1-2H3,(H2,16,17,19). The summed E-state index contributed by atoms with van der Waals surface area (Å²) in [5.74, 6) is 1.36. The van der Waals surface area contributed by atoms with Crippen molar-refractivity contribution in [1.82, 2.24) is 5.32 Å². The molecule has 0 heterocycles. The van der Waals surface area contributed by atoms with E-state index in [1.165, 1.54) is 12.8 Å². The van der Waals surface area contributed by atoms with Gasteiger partial charge in [-0.05, 0) is 49.3 Å². The largest absolute Gasteiger partial charge is 0.389 e. The van der Waals surface area contributed by atoms with Gasteiger partial charge in [-0.25, -0.2) is 4.79 Å². The Hall–Kier alpha value is -1.55. The van der Waals surface area contributed by atoms with Gasteiger partial charge in [-0.3, -0.25) is 0 Å². The number of hydrogen-bond donors (Lipinski definition) is 3. The molecule has 1 aliphatic rings. The van der Waals surface area contributed by atoms with E-state index in [9.17, 15) is 9.90 Å². The highest BCUT2D eigenvalue weighted by Crippen LogP contribution is 2.36. The maximum Gasteiger partial charge on any atom is 0.319 e. The van der Waals surface area contributed by atoms with E-state index in [-0.39, 0.29) is 6.03 Å².